The number of methoxy groups -OCH3 is 1. The largest absolute Gasteiger partial charge is 0.486 e. The molecule has 2 aromatic heterocycles. The number of esters is 1. The van der Waals surface area contributed by atoms with Gasteiger partial charge in [-0.15, -0.1) is 0 Å². The van der Waals surface area contributed by atoms with Crippen molar-refractivity contribution >= 4 is 28.9 Å². The molecule has 10 nitrogen and oxygen atoms in total. The van der Waals surface area contributed by atoms with Crippen LogP contribution in [0.3, 0.4) is 0 Å². The molecule has 1 saturated heterocycles. The van der Waals surface area contributed by atoms with Crippen LogP contribution in [0.25, 0.3) is 5.65 Å². The first kappa shape index (κ1) is 24.0. The van der Waals surface area contributed by atoms with E-state index in [9.17, 15) is 14.4 Å². The number of rotatable bonds is 9. The van der Waals surface area contributed by atoms with E-state index in [2.05, 4.69) is 9.88 Å². The van der Waals surface area contributed by atoms with Crippen molar-refractivity contribution in [3.63, 3.8) is 0 Å². The summed E-state index contributed by atoms with van der Waals surface area (Å²) in [4.78, 5) is 49.3. The highest BCUT2D eigenvalue weighted by molar-refractivity contribution is 6.00. The number of ether oxygens (including phenoxy) is 2. The third kappa shape index (κ3) is 4.86. The van der Waals surface area contributed by atoms with Gasteiger partial charge in [0.25, 0.3) is 0 Å². The van der Waals surface area contributed by atoms with Crippen molar-refractivity contribution in [2.45, 2.75) is 32.6 Å². The number of carbonyl (C=O) groups excluding carboxylic acids is 2. The van der Waals surface area contributed by atoms with Crippen molar-refractivity contribution in [1.29, 1.82) is 0 Å². The third-order valence-corrected chi connectivity index (χ3v) is 6.34. The number of pyridine rings is 1. The maximum atomic E-state index is 13.6. The zero-order chi connectivity index (χ0) is 24.4. The number of unbranched alkanes of at least 4 members (excludes halogenated alkanes) is 1. The number of carbonyl (C=O) groups is 2. The predicted molar refractivity (Wildman–Crippen MR) is 129 cm³/mol. The fraction of sp³-hybridized carbons (Fsp3) is 0.583. The number of aromatic nitrogens is 2. The molecule has 0 bridgehead atoms. The summed E-state index contributed by atoms with van der Waals surface area (Å²) in [7, 11) is 5.11. The second kappa shape index (κ2) is 10.0. The fourth-order valence-corrected chi connectivity index (χ4v) is 4.12. The van der Waals surface area contributed by atoms with E-state index in [0.29, 0.717) is 24.7 Å². The summed E-state index contributed by atoms with van der Waals surface area (Å²) < 4.78 is 12.0. The van der Waals surface area contributed by atoms with Crippen LogP contribution in [0.2, 0.25) is 0 Å². The molecule has 0 N–H and O–H groups in total. The van der Waals surface area contributed by atoms with E-state index in [1.54, 1.807) is 11.1 Å². The van der Waals surface area contributed by atoms with Crippen LogP contribution in [0.4, 0.5) is 11.4 Å². The number of nitrogens with zero attached hydrogens (tertiary/aromatic N) is 5. The van der Waals surface area contributed by atoms with Gasteiger partial charge in [-0.05, 0) is 38.3 Å². The van der Waals surface area contributed by atoms with Gasteiger partial charge in [-0.1, -0.05) is 13.3 Å². The van der Waals surface area contributed by atoms with Crippen LogP contribution in [0.15, 0.2) is 17.1 Å². The molecule has 0 unspecified atom stereocenters. The van der Waals surface area contributed by atoms with Gasteiger partial charge in [0, 0.05) is 32.9 Å². The zero-order valence-corrected chi connectivity index (χ0v) is 20.4. The zero-order valence-electron chi connectivity index (χ0n) is 20.4. The average molecular weight is 472 g/mol. The lowest BCUT2D eigenvalue weighted by molar-refractivity contribution is -0.120. The molecular weight excluding hydrogens is 438 g/mol. The van der Waals surface area contributed by atoms with Gasteiger partial charge < -0.3 is 19.3 Å². The topological polar surface area (TPSA) is 96.7 Å². The molecular formula is C24H33N5O5. The highest BCUT2D eigenvalue weighted by Gasteiger charge is 2.30. The molecule has 2 aliphatic rings. The lowest BCUT2D eigenvalue weighted by atomic mass is 10.2. The van der Waals surface area contributed by atoms with E-state index in [1.807, 2.05) is 32.0 Å². The number of hydrogen-bond acceptors (Lipinski definition) is 8. The molecule has 0 radical (unpaired) electrons. The number of anilines is 2. The molecule has 2 fully saturated rings. The van der Waals surface area contributed by atoms with Gasteiger partial charge in [0.05, 0.1) is 31.6 Å². The third-order valence-electron chi connectivity index (χ3n) is 6.34. The minimum Gasteiger partial charge on any atom is -0.486 e. The van der Waals surface area contributed by atoms with Gasteiger partial charge in [-0.25, -0.2) is 9.78 Å². The van der Waals surface area contributed by atoms with Gasteiger partial charge in [0.1, 0.15) is 0 Å². The molecule has 3 heterocycles. The summed E-state index contributed by atoms with van der Waals surface area (Å²) in [6, 6.07) is 1.88. The summed E-state index contributed by atoms with van der Waals surface area (Å²) >= 11 is 0. The number of piperazine rings is 1. The minimum atomic E-state index is -0.753. The molecule has 1 saturated carbocycles. The first-order chi connectivity index (χ1) is 16.3. The van der Waals surface area contributed by atoms with Crippen LogP contribution >= 0.6 is 0 Å². The smallest absolute Gasteiger partial charge is 0.360 e. The van der Waals surface area contributed by atoms with Crippen LogP contribution < -0.4 is 20.1 Å². The van der Waals surface area contributed by atoms with E-state index in [1.165, 1.54) is 24.4 Å². The first-order valence-electron chi connectivity index (χ1n) is 11.9. The average Bonchev–Trinajstić information content (AvgIpc) is 3.63. The Balaban J connectivity index is 1.91. The van der Waals surface area contributed by atoms with Crippen LogP contribution in [0.5, 0.6) is 5.75 Å². The Morgan fingerprint density at radius 2 is 2.03 bits per heavy atom. The van der Waals surface area contributed by atoms with E-state index in [4.69, 9.17) is 9.47 Å². The first-order valence-corrected chi connectivity index (χ1v) is 11.9. The quantitative estimate of drug-likeness (QED) is 0.403. The summed E-state index contributed by atoms with van der Waals surface area (Å²) in [5.41, 5.74) is 0.863. The Morgan fingerprint density at radius 3 is 2.68 bits per heavy atom. The van der Waals surface area contributed by atoms with E-state index in [-0.39, 0.29) is 36.1 Å². The monoisotopic (exact) mass is 471 g/mol. The van der Waals surface area contributed by atoms with Crippen molar-refractivity contribution in [1.82, 2.24) is 14.3 Å². The normalized spacial score (nSPS) is 16.7. The fourth-order valence-electron chi connectivity index (χ4n) is 4.12. The summed E-state index contributed by atoms with van der Waals surface area (Å²) in [6.45, 7) is 4.57. The summed E-state index contributed by atoms with van der Waals surface area (Å²) in [5, 5.41) is 0. The SMILES string of the molecule is CCCCOc1c(C(=O)OC)nc2c(N3CCN(C)CC3=O)cc(N(C)CC3CC3)cn2c1=O. The van der Waals surface area contributed by atoms with E-state index in [0.717, 1.165) is 25.1 Å². The van der Waals surface area contributed by atoms with Crippen molar-refractivity contribution in [3.8, 4) is 5.75 Å². The molecule has 4 rings (SSSR count). The Bertz CT molecular complexity index is 1140. The molecule has 1 amide bonds. The minimum absolute atomic E-state index is 0.0882. The molecule has 184 valence electrons. The lowest BCUT2D eigenvalue weighted by Gasteiger charge is -2.33. The van der Waals surface area contributed by atoms with Gasteiger partial charge in [-0.3, -0.25) is 18.9 Å². The van der Waals surface area contributed by atoms with Crippen molar-refractivity contribution in [3.05, 3.63) is 28.3 Å². The number of likely N-dealkylation sites (N-methyl/N-ethyl adjacent to an activating group) is 1. The number of hydrogen-bond donors (Lipinski definition) is 0. The van der Waals surface area contributed by atoms with Gasteiger partial charge in [0.15, 0.2) is 11.3 Å². The Kier molecular flexibility index (Phi) is 7.06. The highest BCUT2D eigenvalue weighted by atomic mass is 16.5. The van der Waals surface area contributed by atoms with Crippen LogP contribution in [-0.4, -0.2) is 80.2 Å². The Labute approximate surface area is 199 Å². The van der Waals surface area contributed by atoms with Crippen LogP contribution in [0, 0.1) is 5.92 Å². The summed E-state index contributed by atoms with van der Waals surface area (Å²) in [6.07, 6.45) is 5.71. The highest BCUT2D eigenvalue weighted by Crippen LogP contribution is 2.33. The second-order valence-corrected chi connectivity index (χ2v) is 9.17. The molecule has 1 aliphatic carbocycles. The Morgan fingerprint density at radius 1 is 1.26 bits per heavy atom. The lowest BCUT2D eigenvalue weighted by Crippen LogP contribution is -2.49. The summed E-state index contributed by atoms with van der Waals surface area (Å²) in [5.74, 6) is -0.333. The van der Waals surface area contributed by atoms with Gasteiger partial charge in [-0.2, -0.15) is 0 Å². The maximum absolute atomic E-state index is 13.6. The molecule has 0 aromatic carbocycles. The predicted octanol–water partition coefficient (Wildman–Crippen LogP) is 1.78. The van der Waals surface area contributed by atoms with Crippen LogP contribution in [0.1, 0.15) is 43.1 Å². The molecule has 0 spiro atoms. The van der Waals surface area contributed by atoms with E-state index < -0.39 is 11.5 Å². The molecule has 34 heavy (non-hydrogen) atoms. The molecule has 0 atom stereocenters. The van der Waals surface area contributed by atoms with Gasteiger partial charge >= 0.3 is 11.5 Å². The van der Waals surface area contributed by atoms with Crippen molar-refractivity contribution < 1.29 is 19.1 Å². The van der Waals surface area contributed by atoms with E-state index >= 15 is 0 Å². The Hall–Kier alpha value is -3.14. The molecule has 10 heteroatoms. The second-order valence-electron chi connectivity index (χ2n) is 9.17. The molecule has 1 aliphatic heterocycles. The maximum Gasteiger partial charge on any atom is 0.360 e. The number of amides is 1. The standard InChI is InChI=1S/C24H33N5O5/c1-5-6-11-34-21-20(24(32)33-4)25-22-18(28-10-9-26(2)15-19(28)30)12-17(14-29(22)23(21)31)27(3)13-16-7-8-16/h12,14,16H,5-11,13,15H2,1-4H3. The molecule has 2 aromatic rings. The van der Waals surface area contributed by atoms with Gasteiger partial charge in [0.2, 0.25) is 11.7 Å². The van der Waals surface area contributed by atoms with Crippen molar-refractivity contribution in [2.75, 3.05) is 63.8 Å². The van der Waals surface area contributed by atoms with Crippen LogP contribution in [-0.2, 0) is 9.53 Å². The number of fused-ring (bicyclic) bond motifs is 1. The van der Waals surface area contributed by atoms with Crippen molar-refractivity contribution in [2.24, 2.45) is 5.92 Å².